The van der Waals surface area contributed by atoms with Crippen LogP contribution in [0.5, 0.6) is 0 Å². The Bertz CT molecular complexity index is 863. The molecule has 2 aliphatic heterocycles. The monoisotopic (exact) mass is 421 g/mol. The topological polar surface area (TPSA) is 87.2 Å². The maximum Gasteiger partial charge on any atom is 0.253 e. The van der Waals surface area contributed by atoms with Crippen molar-refractivity contribution in [1.82, 2.24) is 9.21 Å². The number of hydrogen-bond donors (Lipinski definition) is 0. The van der Waals surface area contributed by atoms with Crippen molar-refractivity contribution in [2.75, 3.05) is 51.3 Å². The van der Waals surface area contributed by atoms with Gasteiger partial charge in [0.25, 0.3) is 5.91 Å². The number of amides is 2. The first-order chi connectivity index (χ1) is 13.8. The number of carbonyl (C=O) groups excluding carboxylic acids is 2. The van der Waals surface area contributed by atoms with Gasteiger partial charge in [-0.2, -0.15) is 4.31 Å². The fraction of sp³-hybridized carbons (Fsp3) is 0.500. The van der Waals surface area contributed by atoms with Crippen LogP contribution >= 0.6 is 0 Å². The minimum Gasteiger partial charge on any atom is -0.379 e. The van der Waals surface area contributed by atoms with E-state index in [0.717, 1.165) is 0 Å². The number of likely N-dealkylation sites (tertiary alicyclic amines) is 1. The Morgan fingerprint density at radius 3 is 2.45 bits per heavy atom. The highest BCUT2D eigenvalue weighted by Gasteiger charge is 2.37. The minimum atomic E-state index is -3.46. The van der Waals surface area contributed by atoms with Crippen molar-refractivity contribution in [2.24, 2.45) is 0 Å². The van der Waals surface area contributed by atoms with Crippen molar-refractivity contribution in [3.63, 3.8) is 0 Å². The van der Waals surface area contributed by atoms with Gasteiger partial charge in [-0.1, -0.05) is 6.58 Å². The molecule has 158 valence electrons. The summed E-state index contributed by atoms with van der Waals surface area (Å²) in [6.45, 7) is 5.73. The molecule has 1 aromatic rings. The van der Waals surface area contributed by atoms with Crippen LogP contribution in [0.3, 0.4) is 0 Å². The van der Waals surface area contributed by atoms with Crippen LogP contribution < -0.4 is 4.90 Å². The molecule has 0 aliphatic carbocycles. The Hall–Kier alpha value is -2.23. The van der Waals surface area contributed by atoms with Crippen molar-refractivity contribution in [1.29, 1.82) is 0 Å². The number of hydrogen-bond acceptors (Lipinski definition) is 5. The van der Waals surface area contributed by atoms with E-state index in [1.54, 1.807) is 36.2 Å². The standard InChI is InChI=1S/C20H27N3O5S/c1-3-19(24)21(2)17-8-6-16(7-9-17)20(25)22-10-4-5-18(15-22)29(26,27)23-11-13-28-14-12-23/h3,6-9,18H,1,4-5,10-15H2,2H3. The van der Waals surface area contributed by atoms with Crippen molar-refractivity contribution < 1.29 is 22.7 Å². The van der Waals surface area contributed by atoms with Gasteiger partial charge in [-0.25, -0.2) is 8.42 Å². The molecule has 9 heteroatoms. The first kappa shape index (κ1) is 21.5. The number of rotatable bonds is 5. The summed E-state index contributed by atoms with van der Waals surface area (Å²) >= 11 is 0. The van der Waals surface area contributed by atoms with Crippen molar-refractivity contribution in [3.8, 4) is 0 Å². The zero-order valence-electron chi connectivity index (χ0n) is 16.6. The van der Waals surface area contributed by atoms with E-state index in [9.17, 15) is 18.0 Å². The zero-order chi connectivity index (χ0) is 21.0. The molecule has 2 aliphatic rings. The number of anilines is 1. The molecule has 0 spiro atoms. The lowest BCUT2D eigenvalue weighted by molar-refractivity contribution is -0.113. The van der Waals surface area contributed by atoms with Crippen LogP contribution in [0.1, 0.15) is 23.2 Å². The molecule has 0 aromatic heterocycles. The third-order valence-electron chi connectivity index (χ3n) is 5.42. The SMILES string of the molecule is C=CC(=O)N(C)c1ccc(C(=O)N2CCCC(S(=O)(=O)N3CCOCC3)C2)cc1. The minimum absolute atomic E-state index is 0.190. The van der Waals surface area contributed by atoms with Crippen LogP contribution in [0.15, 0.2) is 36.9 Å². The lowest BCUT2D eigenvalue weighted by Crippen LogP contribution is -2.51. The van der Waals surface area contributed by atoms with Gasteiger partial charge < -0.3 is 14.5 Å². The maximum absolute atomic E-state index is 12.9. The highest BCUT2D eigenvalue weighted by atomic mass is 32.2. The van der Waals surface area contributed by atoms with E-state index in [4.69, 9.17) is 4.74 Å². The van der Waals surface area contributed by atoms with E-state index in [2.05, 4.69) is 6.58 Å². The molecule has 0 saturated carbocycles. The lowest BCUT2D eigenvalue weighted by Gasteiger charge is -2.36. The number of morpholine rings is 1. The van der Waals surface area contributed by atoms with E-state index < -0.39 is 15.3 Å². The predicted molar refractivity (Wildman–Crippen MR) is 110 cm³/mol. The summed E-state index contributed by atoms with van der Waals surface area (Å²) in [5, 5.41) is -0.589. The first-order valence-electron chi connectivity index (χ1n) is 9.70. The Kier molecular flexibility index (Phi) is 6.71. The Labute approximate surface area is 171 Å². The second kappa shape index (κ2) is 9.06. The zero-order valence-corrected chi connectivity index (χ0v) is 17.4. The summed E-state index contributed by atoms with van der Waals surface area (Å²) in [6.07, 6.45) is 2.42. The first-order valence-corrected chi connectivity index (χ1v) is 11.2. The molecule has 8 nitrogen and oxygen atoms in total. The number of likely N-dealkylation sites (N-methyl/N-ethyl adjacent to an activating group) is 1. The third kappa shape index (κ3) is 4.68. The molecule has 2 fully saturated rings. The van der Waals surface area contributed by atoms with E-state index in [0.29, 0.717) is 56.9 Å². The van der Waals surface area contributed by atoms with Crippen LogP contribution in [0, 0.1) is 0 Å². The van der Waals surface area contributed by atoms with Gasteiger partial charge in [0.2, 0.25) is 15.9 Å². The molecule has 1 atom stereocenters. The molecule has 1 aromatic carbocycles. The molecular weight excluding hydrogens is 394 g/mol. The lowest BCUT2D eigenvalue weighted by atomic mass is 10.1. The number of benzene rings is 1. The van der Waals surface area contributed by atoms with Crippen LogP contribution in [0.4, 0.5) is 5.69 Å². The molecule has 2 saturated heterocycles. The Morgan fingerprint density at radius 2 is 1.83 bits per heavy atom. The summed E-state index contributed by atoms with van der Waals surface area (Å²) in [7, 11) is -1.83. The van der Waals surface area contributed by atoms with E-state index in [-0.39, 0.29) is 18.4 Å². The number of ether oxygens (including phenoxy) is 1. The smallest absolute Gasteiger partial charge is 0.253 e. The highest BCUT2D eigenvalue weighted by Crippen LogP contribution is 2.23. The second-order valence-corrected chi connectivity index (χ2v) is 9.43. The fourth-order valence-electron chi connectivity index (χ4n) is 3.65. The van der Waals surface area contributed by atoms with Gasteiger partial charge in [-0.3, -0.25) is 9.59 Å². The van der Waals surface area contributed by atoms with Gasteiger partial charge in [0, 0.05) is 44.5 Å². The van der Waals surface area contributed by atoms with Crippen LogP contribution in [0.25, 0.3) is 0 Å². The average molecular weight is 422 g/mol. The quantitative estimate of drug-likeness (QED) is 0.665. The van der Waals surface area contributed by atoms with Crippen LogP contribution in [-0.2, 0) is 19.6 Å². The third-order valence-corrected chi connectivity index (χ3v) is 7.74. The number of carbonyl (C=O) groups is 2. The van der Waals surface area contributed by atoms with Gasteiger partial charge in [0.1, 0.15) is 0 Å². The van der Waals surface area contributed by atoms with E-state index >= 15 is 0 Å². The highest BCUT2D eigenvalue weighted by molar-refractivity contribution is 7.89. The Balaban J connectivity index is 1.69. The van der Waals surface area contributed by atoms with Gasteiger partial charge in [0.15, 0.2) is 0 Å². The normalized spacial score (nSPS) is 20.9. The van der Waals surface area contributed by atoms with Gasteiger partial charge in [0.05, 0.1) is 18.5 Å². The molecule has 3 rings (SSSR count). The number of nitrogens with zero attached hydrogens (tertiary/aromatic N) is 3. The molecule has 29 heavy (non-hydrogen) atoms. The molecule has 0 radical (unpaired) electrons. The number of sulfonamides is 1. The summed E-state index contributed by atoms with van der Waals surface area (Å²) in [6, 6.07) is 6.70. The van der Waals surface area contributed by atoms with E-state index in [1.807, 2.05) is 0 Å². The molecular formula is C20H27N3O5S. The molecule has 0 N–H and O–H groups in total. The van der Waals surface area contributed by atoms with Gasteiger partial charge in [-0.05, 0) is 43.2 Å². The summed E-state index contributed by atoms with van der Waals surface area (Å²) in [4.78, 5) is 27.7. The van der Waals surface area contributed by atoms with Gasteiger partial charge >= 0.3 is 0 Å². The molecule has 2 amide bonds. The van der Waals surface area contributed by atoms with Crippen LogP contribution in [-0.4, -0.2) is 81.1 Å². The Morgan fingerprint density at radius 1 is 1.17 bits per heavy atom. The number of piperidine rings is 1. The summed E-state index contributed by atoms with van der Waals surface area (Å²) < 4.78 is 32.6. The van der Waals surface area contributed by atoms with Crippen molar-refractivity contribution in [2.45, 2.75) is 18.1 Å². The summed E-state index contributed by atoms with van der Waals surface area (Å²) in [5.74, 6) is -0.438. The van der Waals surface area contributed by atoms with Crippen molar-refractivity contribution >= 4 is 27.5 Å². The second-order valence-electron chi connectivity index (χ2n) is 7.22. The maximum atomic E-state index is 12.9. The molecule has 2 heterocycles. The van der Waals surface area contributed by atoms with Gasteiger partial charge in [-0.15, -0.1) is 0 Å². The predicted octanol–water partition coefficient (Wildman–Crippen LogP) is 1.10. The summed E-state index contributed by atoms with van der Waals surface area (Å²) in [5.41, 5.74) is 1.12. The molecule has 0 bridgehead atoms. The molecule has 1 unspecified atom stereocenters. The van der Waals surface area contributed by atoms with Crippen molar-refractivity contribution in [3.05, 3.63) is 42.5 Å². The van der Waals surface area contributed by atoms with Crippen LogP contribution in [0.2, 0.25) is 0 Å². The largest absolute Gasteiger partial charge is 0.379 e. The fourth-order valence-corrected chi connectivity index (χ4v) is 5.56. The average Bonchev–Trinajstić information content (AvgIpc) is 2.78. The van der Waals surface area contributed by atoms with E-state index in [1.165, 1.54) is 15.3 Å².